The number of nitrogens with zero attached hydrogens (tertiary/aromatic N) is 2. The lowest BCUT2D eigenvalue weighted by Gasteiger charge is -2.23. The second kappa shape index (κ2) is 17.7. The van der Waals surface area contributed by atoms with Crippen LogP contribution >= 0.6 is 11.8 Å². The van der Waals surface area contributed by atoms with E-state index in [0.717, 1.165) is 12.1 Å². The number of hydrogen-bond donors (Lipinski definition) is 0. The van der Waals surface area contributed by atoms with E-state index >= 15 is 0 Å². The first-order valence-electron chi connectivity index (χ1n) is 11.9. The molecule has 1 aliphatic rings. The third kappa shape index (κ3) is 9.93. The van der Waals surface area contributed by atoms with Gasteiger partial charge in [0, 0.05) is 30.4 Å². The predicted octanol–water partition coefficient (Wildman–Crippen LogP) is 7.59. The van der Waals surface area contributed by atoms with Gasteiger partial charge in [0.15, 0.2) is 0 Å². The Kier molecular flexibility index (Phi) is 16.7. The lowest BCUT2D eigenvalue weighted by atomic mass is 10.1. The van der Waals surface area contributed by atoms with Gasteiger partial charge in [0.25, 0.3) is 5.91 Å². The molecule has 0 saturated heterocycles. The molecule has 33 heavy (non-hydrogen) atoms. The molecule has 1 heterocycles. The summed E-state index contributed by atoms with van der Waals surface area (Å²) in [6.45, 7) is 13.4. The smallest absolute Gasteiger partial charge is 0.260 e. The van der Waals surface area contributed by atoms with Crippen LogP contribution in [0.2, 0.25) is 0 Å². The second-order valence-corrected chi connectivity index (χ2v) is 10.0. The number of anilines is 2. The Hall–Kier alpha value is -1.79. The number of carbonyl (C=O) groups is 1. The quantitative estimate of drug-likeness (QED) is 0.413. The number of benzene rings is 2. The molecule has 1 aliphatic heterocycles. The van der Waals surface area contributed by atoms with Crippen LogP contribution in [0.25, 0.3) is 0 Å². The molecule has 1 atom stereocenters. The third-order valence-electron chi connectivity index (χ3n) is 4.29. The Morgan fingerprint density at radius 3 is 2.06 bits per heavy atom. The highest BCUT2D eigenvalue weighted by molar-refractivity contribution is 7.98. The van der Waals surface area contributed by atoms with Crippen molar-refractivity contribution in [2.24, 2.45) is 0 Å². The molecular formula is C27H44N2O2S2. The standard InChI is InChI=1S/C18H20N2O2S2.3C3H8/c1-19(24(3)22)17-7-5-4-6-15(17)18(21)20-11-10-13-12-14(23-2)8-9-16(13)20;3*1-3-2/h4-9,12H,10-11H2,1-3H3;3*3H2,1-2H3. The summed E-state index contributed by atoms with van der Waals surface area (Å²) in [4.78, 5) is 16.1. The summed E-state index contributed by atoms with van der Waals surface area (Å²) in [6.07, 6.45) is 8.28. The van der Waals surface area contributed by atoms with Gasteiger partial charge in [0.2, 0.25) is 0 Å². The van der Waals surface area contributed by atoms with E-state index in [4.69, 9.17) is 0 Å². The van der Waals surface area contributed by atoms with Gasteiger partial charge in [0.1, 0.15) is 11.0 Å². The summed E-state index contributed by atoms with van der Waals surface area (Å²) >= 11 is 1.71. The molecule has 4 nitrogen and oxygen atoms in total. The highest BCUT2D eigenvalue weighted by atomic mass is 32.2. The SMILES string of the molecule is CCC.CCC.CCC.CSc1ccc2c(c1)CCN2C(=O)c1ccccc1N(C)S(C)=O. The van der Waals surface area contributed by atoms with E-state index < -0.39 is 11.0 Å². The summed E-state index contributed by atoms with van der Waals surface area (Å²) in [5.74, 6) is -0.0430. The van der Waals surface area contributed by atoms with E-state index in [9.17, 15) is 9.00 Å². The number of hydrogen-bond acceptors (Lipinski definition) is 3. The molecule has 0 fully saturated rings. The van der Waals surface area contributed by atoms with E-state index in [0.29, 0.717) is 17.8 Å². The largest absolute Gasteiger partial charge is 0.308 e. The maximum Gasteiger partial charge on any atom is 0.260 e. The van der Waals surface area contributed by atoms with Gasteiger partial charge in [0.05, 0.1) is 11.3 Å². The summed E-state index contributed by atoms with van der Waals surface area (Å²) in [6, 6.07) is 13.6. The Bertz CT molecular complexity index is 851. The van der Waals surface area contributed by atoms with Crippen molar-refractivity contribution in [1.29, 1.82) is 0 Å². The summed E-state index contributed by atoms with van der Waals surface area (Å²) in [7, 11) is 0.562. The Morgan fingerprint density at radius 1 is 1.00 bits per heavy atom. The zero-order chi connectivity index (χ0) is 25.4. The van der Waals surface area contributed by atoms with Crippen molar-refractivity contribution in [2.75, 3.05) is 35.3 Å². The Morgan fingerprint density at radius 2 is 1.55 bits per heavy atom. The van der Waals surface area contributed by atoms with Gasteiger partial charge in [-0.15, -0.1) is 11.8 Å². The van der Waals surface area contributed by atoms with Crippen LogP contribution in [-0.2, 0) is 17.4 Å². The fraction of sp³-hybridized carbons (Fsp3) is 0.519. The fourth-order valence-corrected chi connectivity index (χ4v) is 3.83. The van der Waals surface area contributed by atoms with Crippen LogP contribution in [0.5, 0.6) is 0 Å². The molecule has 0 radical (unpaired) electrons. The minimum atomic E-state index is -1.18. The van der Waals surface area contributed by atoms with Gasteiger partial charge in [-0.2, -0.15) is 0 Å². The van der Waals surface area contributed by atoms with Crippen LogP contribution in [0.15, 0.2) is 47.4 Å². The number of amides is 1. The number of rotatable bonds is 4. The average molecular weight is 493 g/mol. The van der Waals surface area contributed by atoms with Gasteiger partial charge >= 0.3 is 0 Å². The molecule has 0 aromatic heterocycles. The van der Waals surface area contributed by atoms with Gasteiger partial charge in [-0.1, -0.05) is 72.9 Å². The van der Waals surface area contributed by atoms with E-state index in [-0.39, 0.29) is 5.91 Å². The maximum atomic E-state index is 13.1. The maximum absolute atomic E-state index is 13.1. The first-order valence-corrected chi connectivity index (χ1v) is 14.7. The second-order valence-electron chi connectivity index (χ2n) is 7.76. The van der Waals surface area contributed by atoms with E-state index in [1.807, 2.05) is 35.2 Å². The topological polar surface area (TPSA) is 40.6 Å². The molecule has 0 bridgehead atoms. The van der Waals surface area contributed by atoms with Gasteiger partial charge in [-0.05, 0) is 48.6 Å². The average Bonchev–Trinajstić information content (AvgIpc) is 3.22. The van der Waals surface area contributed by atoms with Gasteiger partial charge in [-0.25, -0.2) is 4.21 Å². The molecule has 2 aromatic rings. The molecule has 1 unspecified atom stereocenters. The van der Waals surface area contributed by atoms with E-state index in [1.54, 1.807) is 35.4 Å². The summed E-state index contributed by atoms with van der Waals surface area (Å²) < 4.78 is 13.4. The lowest BCUT2D eigenvalue weighted by molar-refractivity contribution is 0.0990. The van der Waals surface area contributed by atoms with Gasteiger partial charge in [-0.3, -0.25) is 9.10 Å². The number of carbonyl (C=O) groups excluding carboxylic acids is 1. The highest BCUT2D eigenvalue weighted by Gasteiger charge is 2.28. The number of fused-ring (bicyclic) bond motifs is 1. The van der Waals surface area contributed by atoms with Crippen LogP contribution in [0.3, 0.4) is 0 Å². The first-order chi connectivity index (χ1) is 15.8. The molecule has 6 heteroatoms. The van der Waals surface area contributed by atoms with E-state index in [2.05, 4.69) is 53.9 Å². The molecule has 0 saturated carbocycles. The summed E-state index contributed by atoms with van der Waals surface area (Å²) in [5.41, 5.74) is 3.46. The minimum Gasteiger partial charge on any atom is -0.308 e. The van der Waals surface area contributed by atoms with Crippen molar-refractivity contribution >= 4 is 40.0 Å². The molecule has 0 N–H and O–H groups in total. The molecule has 1 amide bonds. The minimum absolute atomic E-state index is 0.0430. The molecule has 186 valence electrons. The lowest BCUT2D eigenvalue weighted by Crippen LogP contribution is -2.31. The van der Waals surface area contributed by atoms with Crippen molar-refractivity contribution in [3.63, 3.8) is 0 Å². The Balaban J connectivity index is 0.000000988. The molecule has 2 aromatic carbocycles. The molecule has 0 aliphatic carbocycles. The van der Waals surface area contributed by atoms with Crippen LogP contribution < -0.4 is 9.21 Å². The highest BCUT2D eigenvalue weighted by Crippen LogP contribution is 2.33. The van der Waals surface area contributed by atoms with Gasteiger partial charge < -0.3 is 4.90 Å². The third-order valence-corrected chi connectivity index (χ3v) is 5.98. The fourth-order valence-electron chi connectivity index (χ4n) is 2.93. The zero-order valence-corrected chi connectivity index (χ0v) is 23.7. The van der Waals surface area contributed by atoms with Crippen LogP contribution in [0.1, 0.15) is 76.7 Å². The molecule has 3 rings (SSSR count). The monoisotopic (exact) mass is 492 g/mol. The summed E-state index contributed by atoms with van der Waals surface area (Å²) in [5, 5.41) is 0. The van der Waals surface area contributed by atoms with Crippen molar-refractivity contribution in [1.82, 2.24) is 0 Å². The predicted molar refractivity (Wildman–Crippen MR) is 150 cm³/mol. The van der Waals surface area contributed by atoms with Crippen molar-refractivity contribution in [3.8, 4) is 0 Å². The Labute approximate surface area is 209 Å². The number of thioether (sulfide) groups is 1. The molecular weight excluding hydrogens is 448 g/mol. The normalized spacial score (nSPS) is 12.1. The zero-order valence-electron chi connectivity index (χ0n) is 22.1. The van der Waals surface area contributed by atoms with Crippen molar-refractivity contribution in [3.05, 3.63) is 53.6 Å². The first kappa shape index (κ1) is 31.2. The molecule has 0 spiro atoms. The van der Waals surface area contributed by atoms with Crippen molar-refractivity contribution < 1.29 is 9.00 Å². The van der Waals surface area contributed by atoms with E-state index in [1.165, 1.54) is 29.7 Å². The van der Waals surface area contributed by atoms with Crippen LogP contribution in [0.4, 0.5) is 11.4 Å². The number of para-hydroxylation sites is 1. The van der Waals surface area contributed by atoms with Crippen LogP contribution in [0, 0.1) is 0 Å². The van der Waals surface area contributed by atoms with Crippen LogP contribution in [-0.4, -0.2) is 36.2 Å². The van der Waals surface area contributed by atoms with Crippen molar-refractivity contribution in [2.45, 2.75) is 72.1 Å².